The van der Waals surface area contributed by atoms with Gasteiger partial charge < -0.3 is 21.1 Å². The second-order valence-electron chi connectivity index (χ2n) is 3.28. The van der Waals surface area contributed by atoms with Gasteiger partial charge in [-0.05, 0) is 6.07 Å². The van der Waals surface area contributed by atoms with E-state index in [-0.39, 0.29) is 11.1 Å². The third kappa shape index (κ3) is 2.49. The van der Waals surface area contributed by atoms with E-state index in [9.17, 15) is 20.0 Å². The summed E-state index contributed by atoms with van der Waals surface area (Å²) in [5.74, 6) is -2.12. The SMILES string of the molecule is N[C@@H](CO)c1cc(C(=O)O)cc([N+](=O)[O-])c1O. The van der Waals surface area contributed by atoms with Gasteiger partial charge in [-0.2, -0.15) is 0 Å². The zero-order valence-electron chi connectivity index (χ0n) is 8.53. The first kappa shape index (κ1) is 12.9. The Hall–Kier alpha value is -2.19. The van der Waals surface area contributed by atoms with E-state index in [1.807, 2.05) is 0 Å². The van der Waals surface area contributed by atoms with Crippen molar-refractivity contribution in [1.29, 1.82) is 0 Å². The number of nitro groups is 1. The Balaban J connectivity index is 3.48. The minimum absolute atomic E-state index is 0.181. The van der Waals surface area contributed by atoms with Crippen molar-refractivity contribution in [3.8, 4) is 5.75 Å². The number of phenols is 1. The Bertz CT molecular complexity index is 473. The van der Waals surface area contributed by atoms with E-state index in [2.05, 4.69) is 0 Å². The highest BCUT2D eigenvalue weighted by Gasteiger charge is 2.24. The molecule has 8 nitrogen and oxygen atoms in total. The molecule has 0 aliphatic heterocycles. The average Bonchev–Trinajstić information content (AvgIpc) is 2.27. The fourth-order valence-electron chi connectivity index (χ4n) is 1.28. The molecule has 0 aliphatic rings. The molecule has 1 aromatic rings. The van der Waals surface area contributed by atoms with Crippen molar-refractivity contribution in [2.75, 3.05) is 6.61 Å². The Morgan fingerprint density at radius 1 is 1.53 bits per heavy atom. The van der Waals surface area contributed by atoms with Gasteiger partial charge in [-0.25, -0.2) is 4.79 Å². The predicted octanol–water partition coefficient (Wildman–Crippen LogP) is -0.00930. The molecule has 0 bridgehead atoms. The summed E-state index contributed by atoms with van der Waals surface area (Å²) in [6, 6.07) is 0.629. The molecule has 0 amide bonds. The molecule has 0 heterocycles. The number of aromatic carboxylic acids is 1. The second kappa shape index (κ2) is 4.76. The van der Waals surface area contributed by atoms with Crippen LogP contribution in [0.5, 0.6) is 5.75 Å². The standard InChI is InChI=1S/C9H10N2O6/c10-6(3-12)5-1-4(9(14)15)2-7(8(5)13)11(16)17/h1-2,6,12-13H,3,10H2,(H,14,15)/t6-/m0/s1. The molecule has 0 saturated heterocycles. The topological polar surface area (TPSA) is 147 Å². The van der Waals surface area contributed by atoms with Crippen molar-refractivity contribution >= 4 is 11.7 Å². The number of rotatable bonds is 4. The van der Waals surface area contributed by atoms with Crippen molar-refractivity contribution in [1.82, 2.24) is 0 Å². The predicted molar refractivity (Wildman–Crippen MR) is 55.7 cm³/mol. The number of nitro benzene ring substituents is 1. The number of benzene rings is 1. The maximum absolute atomic E-state index is 10.7. The molecule has 0 radical (unpaired) electrons. The highest BCUT2D eigenvalue weighted by Crippen LogP contribution is 2.34. The third-order valence-corrected chi connectivity index (χ3v) is 2.16. The monoisotopic (exact) mass is 242 g/mol. The number of nitrogens with two attached hydrogens (primary N) is 1. The molecule has 0 aliphatic carbocycles. The number of nitrogens with zero attached hydrogens (tertiary/aromatic N) is 1. The Morgan fingerprint density at radius 3 is 2.53 bits per heavy atom. The molecule has 17 heavy (non-hydrogen) atoms. The van der Waals surface area contributed by atoms with Gasteiger partial charge >= 0.3 is 11.7 Å². The summed E-state index contributed by atoms with van der Waals surface area (Å²) in [6.07, 6.45) is 0. The summed E-state index contributed by atoms with van der Waals surface area (Å²) < 4.78 is 0. The normalized spacial score (nSPS) is 12.1. The maximum Gasteiger partial charge on any atom is 0.335 e. The summed E-state index contributed by atoms with van der Waals surface area (Å²) in [7, 11) is 0. The lowest BCUT2D eigenvalue weighted by molar-refractivity contribution is -0.386. The van der Waals surface area contributed by atoms with Gasteiger partial charge in [-0.1, -0.05) is 0 Å². The number of aliphatic hydroxyl groups excluding tert-OH is 1. The maximum atomic E-state index is 10.7. The van der Waals surface area contributed by atoms with Crippen molar-refractivity contribution < 1.29 is 25.0 Å². The molecule has 92 valence electrons. The molecule has 0 aromatic heterocycles. The van der Waals surface area contributed by atoms with Crippen LogP contribution in [-0.4, -0.2) is 32.8 Å². The van der Waals surface area contributed by atoms with Crippen LogP contribution < -0.4 is 5.73 Å². The largest absolute Gasteiger partial charge is 0.502 e. The van der Waals surface area contributed by atoms with Crippen LogP contribution >= 0.6 is 0 Å². The van der Waals surface area contributed by atoms with Crippen LogP contribution in [0.15, 0.2) is 12.1 Å². The van der Waals surface area contributed by atoms with Gasteiger partial charge in [0.15, 0.2) is 5.75 Å². The quantitative estimate of drug-likeness (QED) is 0.428. The molecule has 5 N–H and O–H groups in total. The highest BCUT2D eigenvalue weighted by molar-refractivity contribution is 5.89. The minimum atomic E-state index is -1.39. The van der Waals surface area contributed by atoms with Gasteiger partial charge in [0.2, 0.25) is 0 Å². The van der Waals surface area contributed by atoms with Crippen LogP contribution in [0.2, 0.25) is 0 Å². The molecule has 8 heteroatoms. The van der Waals surface area contributed by atoms with Crippen LogP contribution in [0.3, 0.4) is 0 Å². The molecule has 0 spiro atoms. The molecule has 0 saturated carbocycles. The van der Waals surface area contributed by atoms with E-state index in [4.69, 9.17) is 15.9 Å². The lowest BCUT2D eigenvalue weighted by Gasteiger charge is -2.11. The summed E-state index contributed by atoms with van der Waals surface area (Å²) >= 11 is 0. The first-order valence-corrected chi connectivity index (χ1v) is 4.49. The number of carboxylic acids is 1. The van der Waals surface area contributed by atoms with E-state index in [1.54, 1.807) is 0 Å². The highest BCUT2D eigenvalue weighted by atomic mass is 16.6. The first-order chi connectivity index (χ1) is 7.88. The number of carbonyl (C=O) groups is 1. The van der Waals surface area contributed by atoms with E-state index in [1.165, 1.54) is 0 Å². The number of carboxylic acid groups (broad SMARTS) is 1. The molecular formula is C9H10N2O6. The number of phenolic OH excluding ortho intramolecular Hbond substituents is 1. The molecule has 0 unspecified atom stereocenters. The van der Waals surface area contributed by atoms with Crippen LogP contribution in [0, 0.1) is 10.1 Å². The lowest BCUT2D eigenvalue weighted by atomic mass is 10.0. The first-order valence-electron chi connectivity index (χ1n) is 4.49. The van der Waals surface area contributed by atoms with Gasteiger partial charge in [-0.3, -0.25) is 10.1 Å². The minimum Gasteiger partial charge on any atom is -0.502 e. The van der Waals surface area contributed by atoms with E-state index in [0.717, 1.165) is 12.1 Å². The Kier molecular flexibility index (Phi) is 3.61. The van der Waals surface area contributed by atoms with Crippen molar-refractivity contribution in [3.05, 3.63) is 33.4 Å². The van der Waals surface area contributed by atoms with E-state index in [0.29, 0.717) is 0 Å². The summed E-state index contributed by atoms with van der Waals surface area (Å²) in [5, 5.41) is 37.7. The van der Waals surface area contributed by atoms with Crippen LogP contribution in [0.25, 0.3) is 0 Å². The van der Waals surface area contributed by atoms with E-state index < -0.39 is 35.0 Å². The summed E-state index contributed by atoms with van der Waals surface area (Å²) in [6.45, 7) is -0.576. The number of aromatic hydroxyl groups is 1. The zero-order valence-corrected chi connectivity index (χ0v) is 8.53. The summed E-state index contributed by atoms with van der Waals surface area (Å²) in [4.78, 5) is 20.4. The molecule has 1 rings (SSSR count). The number of aliphatic hydroxyl groups is 1. The summed E-state index contributed by atoms with van der Waals surface area (Å²) in [5.41, 5.74) is 4.08. The smallest absolute Gasteiger partial charge is 0.335 e. The van der Waals surface area contributed by atoms with Gasteiger partial charge in [0.05, 0.1) is 23.1 Å². The Morgan fingerprint density at radius 2 is 2.12 bits per heavy atom. The van der Waals surface area contributed by atoms with Crippen LogP contribution in [-0.2, 0) is 0 Å². The van der Waals surface area contributed by atoms with Gasteiger partial charge in [0.1, 0.15) is 0 Å². The van der Waals surface area contributed by atoms with E-state index >= 15 is 0 Å². The van der Waals surface area contributed by atoms with Crippen LogP contribution in [0.1, 0.15) is 22.0 Å². The molecule has 1 atom stereocenters. The molecule has 1 aromatic carbocycles. The van der Waals surface area contributed by atoms with Crippen molar-refractivity contribution in [2.45, 2.75) is 6.04 Å². The average molecular weight is 242 g/mol. The molecular weight excluding hydrogens is 232 g/mol. The third-order valence-electron chi connectivity index (χ3n) is 2.16. The fraction of sp³-hybridized carbons (Fsp3) is 0.222. The fourth-order valence-corrected chi connectivity index (χ4v) is 1.28. The molecule has 0 fully saturated rings. The second-order valence-corrected chi connectivity index (χ2v) is 3.28. The van der Waals surface area contributed by atoms with Crippen molar-refractivity contribution in [2.24, 2.45) is 5.73 Å². The van der Waals surface area contributed by atoms with Gasteiger partial charge in [0.25, 0.3) is 0 Å². The number of hydrogen-bond acceptors (Lipinski definition) is 6. The van der Waals surface area contributed by atoms with Crippen LogP contribution in [0.4, 0.5) is 5.69 Å². The number of hydrogen-bond donors (Lipinski definition) is 4. The Labute approximate surface area is 95.1 Å². The van der Waals surface area contributed by atoms with Gasteiger partial charge in [0, 0.05) is 11.6 Å². The van der Waals surface area contributed by atoms with Crippen molar-refractivity contribution in [3.63, 3.8) is 0 Å². The zero-order chi connectivity index (χ0) is 13.2. The lowest BCUT2D eigenvalue weighted by Crippen LogP contribution is -2.16. The van der Waals surface area contributed by atoms with Gasteiger partial charge in [-0.15, -0.1) is 0 Å².